The topological polar surface area (TPSA) is 33.5 Å². The van der Waals surface area contributed by atoms with E-state index in [2.05, 4.69) is 254 Å². The van der Waals surface area contributed by atoms with Gasteiger partial charge in [0.1, 0.15) is 17.3 Å². The first-order valence-electron chi connectivity index (χ1n) is 24.0. The largest absolute Gasteiger partial charge is 0.457 e. The Labute approximate surface area is 396 Å². The van der Waals surface area contributed by atoms with E-state index in [0.29, 0.717) is 6.67 Å². The van der Waals surface area contributed by atoms with Gasteiger partial charge >= 0.3 is 0 Å². The van der Waals surface area contributed by atoms with Gasteiger partial charge in [0, 0.05) is 63.2 Å². The SMILES string of the molecule is CC(C)(C)C1=CN(c2cc(C(C)(C)C)cc(C(C)(C)C)c2)CN1c1cc(Oc2cc(C(C)(C)C)c3c4ccccc4n(-c4cc(C(C)(C)C)ccn4)c3c2)cc(C(C)(C)c2ccccc2)c1. The van der Waals surface area contributed by atoms with E-state index >= 15 is 0 Å². The van der Waals surface area contributed by atoms with E-state index in [4.69, 9.17) is 9.72 Å². The number of pyridine rings is 1. The number of aromatic nitrogens is 2. The predicted molar refractivity (Wildman–Crippen MR) is 282 cm³/mol. The van der Waals surface area contributed by atoms with E-state index in [-0.39, 0.29) is 32.5 Å². The third-order valence-corrected chi connectivity index (χ3v) is 13.7. The van der Waals surface area contributed by atoms with Gasteiger partial charge in [-0.15, -0.1) is 0 Å². The molecular weight excluding hydrogens is 805 g/mol. The Balaban J connectivity index is 1.32. The van der Waals surface area contributed by atoms with Crippen LogP contribution in [0.1, 0.15) is 151 Å². The molecule has 5 heteroatoms. The van der Waals surface area contributed by atoms with E-state index in [1.165, 1.54) is 55.5 Å². The zero-order valence-electron chi connectivity index (χ0n) is 43.0. The summed E-state index contributed by atoms with van der Waals surface area (Å²) in [5.41, 5.74) is 12.7. The summed E-state index contributed by atoms with van der Waals surface area (Å²) in [5, 5.41) is 2.44. The third kappa shape index (κ3) is 9.03. The molecule has 0 bridgehead atoms. The van der Waals surface area contributed by atoms with Crippen molar-refractivity contribution < 1.29 is 4.74 Å². The molecule has 344 valence electrons. The molecule has 5 nitrogen and oxygen atoms in total. The number of fused-ring (bicyclic) bond motifs is 3. The Hall–Kier alpha value is -5.81. The molecule has 66 heavy (non-hydrogen) atoms. The quantitative estimate of drug-likeness (QED) is 0.160. The monoisotopic (exact) mass is 879 g/mol. The van der Waals surface area contributed by atoms with Crippen molar-refractivity contribution in [3.05, 3.63) is 167 Å². The third-order valence-electron chi connectivity index (χ3n) is 13.7. The lowest BCUT2D eigenvalue weighted by molar-refractivity contribution is 0.475. The van der Waals surface area contributed by atoms with Gasteiger partial charge in [-0.3, -0.25) is 4.57 Å². The molecule has 0 fully saturated rings. The molecule has 0 amide bonds. The smallest absolute Gasteiger partial charge is 0.137 e. The average Bonchev–Trinajstić information content (AvgIpc) is 3.83. The molecule has 0 spiro atoms. The molecule has 0 saturated heterocycles. The lowest BCUT2D eigenvalue weighted by Crippen LogP contribution is -2.31. The van der Waals surface area contributed by atoms with Crippen molar-refractivity contribution in [3.63, 3.8) is 0 Å². The molecule has 8 rings (SSSR count). The molecule has 7 aromatic rings. The van der Waals surface area contributed by atoms with Crippen LogP contribution in [0.3, 0.4) is 0 Å². The lowest BCUT2D eigenvalue weighted by Gasteiger charge is -2.33. The van der Waals surface area contributed by atoms with E-state index in [9.17, 15) is 0 Å². The summed E-state index contributed by atoms with van der Waals surface area (Å²) in [6, 6.07) is 42.6. The summed E-state index contributed by atoms with van der Waals surface area (Å²) in [4.78, 5) is 9.98. The van der Waals surface area contributed by atoms with Gasteiger partial charge in [-0.1, -0.05) is 172 Å². The maximum absolute atomic E-state index is 7.30. The van der Waals surface area contributed by atoms with Gasteiger partial charge in [-0.05, 0) is 104 Å². The van der Waals surface area contributed by atoms with Crippen LogP contribution in [-0.4, -0.2) is 16.2 Å². The van der Waals surface area contributed by atoms with Crippen molar-refractivity contribution in [2.75, 3.05) is 16.5 Å². The van der Waals surface area contributed by atoms with Crippen molar-refractivity contribution in [2.24, 2.45) is 5.41 Å². The maximum atomic E-state index is 7.30. The molecule has 1 aliphatic heterocycles. The second kappa shape index (κ2) is 16.2. The number of benzene rings is 5. The molecule has 0 saturated carbocycles. The Bertz CT molecular complexity index is 2930. The first kappa shape index (κ1) is 46.7. The van der Waals surface area contributed by atoms with E-state index in [0.717, 1.165) is 34.0 Å². The van der Waals surface area contributed by atoms with E-state index < -0.39 is 0 Å². The Morgan fingerprint density at radius 3 is 1.67 bits per heavy atom. The van der Waals surface area contributed by atoms with Crippen LogP contribution in [0.15, 0.2) is 133 Å². The highest BCUT2D eigenvalue weighted by Gasteiger charge is 2.35. The Morgan fingerprint density at radius 1 is 0.470 bits per heavy atom. The van der Waals surface area contributed by atoms with Gasteiger partial charge in [0.2, 0.25) is 0 Å². The molecule has 5 aromatic carbocycles. The molecule has 0 radical (unpaired) electrons. The molecule has 0 atom stereocenters. The zero-order valence-corrected chi connectivity index (χ0v) is 43.0. The van der Waals surface area contributed by atoms with Crippen molar-refractivity contribution in [1.29, 1.82) is 0 Å². The average molecular weight is 879 g/mol. The fourth-order valence-corrected chi connectivity index (χ4v) is 9.40. The molecular formula is C61H74N4O. The highest BCUT2D eigenvalue weighted by molar-refractivity contribution is 6.11. The number of ether oxygens (including phenoxy) is 1. The second-order valence-electron chi connectivity index (χ2n) is 24.5. The first-order valence-corrected chi connectivity index (χ1v) is 24.0. The van der Waals surface area contributed by atoms with Crippen LogP contribution in [-0.2, 0) is 27.1 Å². The fraction of sp³-hybridized carbons (Fsp3) is 0.393. The van der Waals surface area contributed by atoms with E-state index in [1.54, 1.807) is 0 Å². The summed E-state index contributed by atoms with van der Waals surface area (Å²) in [7, 11) is 0. The first-order chi connectivity index (χ1) is 30.6. The maximum Gasteiger partial charge on any atom is 0.137 e. The Kier molecular flexibility index (Phi) is 11.5. The fourth-order valence-electron chi connectivity index (χ4n) is 9.40. The summed E-state index contributed by atoms with van der Waals surface area (Å²) >= 11 is 0. The minimum absolute atomic E-state index is 0.00674. The van der Waals surface area contributed by atoms with Crippen molar-refractivity contribution >= 4 is 33.2 Å². The van der Waals surface area contributed by atoms with Crippen LogP contribution in [0.4, 0.5) is 11.4 Å². The molecule has 3 heterocycles. The normalized spacial score (nSPS) is 14.4. The summed E-state index contributed by atoms with van der Waals surface area (Å²) in [6.45, 7) is 39.9. The lowest BCUT2D eigenvalue weighted by atomic mass is 9.78. The van der Waals surface area contributed by atoms with Gasteiger partial charge in [-0.2, -0.15) is 0 Å². The van der Waals surface area contributed by atoms with Crippen molar-refractivity contribution in [2.45, 2.75) is 145 Å². The van der Waals surface area contributed by atoms with Crippen LogP contribution in [0.25, 0.3) is 27.6 Å². The number of hydrogen-bond acceptors (Lipinski definition) is 4. The van der Waals surface area contributed by atoms with Gasteiger partial charge in [-0.25, -0.2) is 4.98 Å². The molecule has 0 N–H and O–H groups in total. The summed E-state index contributed by atoms with van der Waals surface area (Å²) in [5.74, 6) is 2.51. The molecule has 0 unspecified atom stereocenters. The van der Waals surface area contributed by atoms with Crippen LogP contribution < -0.4 is 14.5 Å². The molecule has 1 aliphatic rings. The van der Waals surface area contributed by atoms with Crippen LogP contribution in [0, 0.1) is 5.41 Å². The number of nitrogens with zero attached hydrogens (tertiary/aromatic N) is 4. The van der Waals surface area contributed by atoms with Crippen molar-refractivity contribution in [1.82, 2.24) is 9.55 Å². The van der Waals surface area contributed by atoms with Crippen LogP contribution in [0.5, 0.6) is 11.5 Å². The van der Waals surface area contributed by atoms with Gasteiger partial charge < -0.3 is 14.5 Å². The zero-order chi connectivity index (χ0) is 47.9. The van der Waals surface area contributed by atoms with Crippen molar-refractivity contribution in [3.8, 4) is 17.3 Å². The standard InChI is InChI=1S/C61H74N4O/c1-56(2,3)41-27-28-62-54(34-41)65-51-26-22-21-25-49(51)55-50(59(10,11)12)36-48(37-52(55)65)66-47-33-44(61(16,17)40-23-19-18-20-24-40)32-46(35-47)64-39-63(38-53(64)60(13,14)15)45-30-42(57(4,5)6)29-43(31-45)58(7,8)9/h18-38H,39H2,1-17H3. The number of allylic oxidation sites excluding steroid dienone is 1. The second-order valence-corrected chi connectivity index (χ2v) is 24.5. The van der Waals surface area contributed by atoms with Gasteiger partial charge in [0.15, 0.2) is 0 Å². The van der Waals surface area contributed by atoms with Crippen LogP contribution >= 0.6 is 0 Å². The Morgan fingerprint density at radius 2 is 1.06 bits per heavy atom. The predicted octanol–water partition coefficient (Wildman–Crippen LogP) is 16.7. The number of rotatable bonds is 7. The highest BCUT2D eigenvalue weighted by Crippen LogP contribution is 2.46. The summed E-state index contributed by atoms with van der Waals surface area (Å²) < 4.78 is 9.64. The number of para-hydroxylation sites is 1. The minimum atomic E-state index is -0.320. The molecule has 2 aromatic heterocycles. The highest BCUT2D eigenvalue weighted by atomic mass is 16.5. The number of hydrogen-bond donors (Lipinski definition) is 0. The van der Waals surface area contributed by atoms with Gasteiger partial charge in [0.25, 0.3) is 0 Å². The van der Waals surface area contributed by atoms with E-state index in [1.807, 2.05) is 6.20 Å². The minimum Gasteiger partial charge on any atom is -0.457 e. The van der Waals surface area contributed by atoms with Gasteiger partial charge in [0.05, 0.1) is 17.7 Å². The summed E-state index contributed by atoms with van der Waals surface area (Å²) in [6.07, 6.45) is 4.34. The number of anilines is 2. The molecule has 0 aliphatic carbocycles. The van der Waals surface area contributed by atoms with Crippen LogP contribution in [0.2, 0.25) is 0 Å².